The van der Waals surface area contributed by atoms with Gasteiger partial charge in [0.25, 0.3) is 5.91 Å². The van der Waals surface area contributed by atoms with Crippen LogP contribution in [0.5, 0.6) is 0 Å². The molecule has 4 rings (SSSR count). The number of allylic oxidation sites excluding steroid dienone is 3. The molecule has 3 heterocycles. The number of carbonyl (C=O) groups excluding carboxylic acids is 1. The van der Waals surface area contributed by atoms with Crippen LogP contribution >= 0.6 is 0 Å². The summed E-state index contributed by atoms with van der Waals surface area (Å²) in [6.07, 6.45) is 6.84. The van der Waals surface area contributed by atoms with E-state index in [-0.39, 0.29) is 11.3 Å². The fourth-order valence-corrected chi connectivity index (χ4v) is 4.12. The van der Waals surface area contributed by atoms with Crippen molar-refractivity contribution in [3.8, 4) is 0 Å². The van der Waals surface area contributed by atoms with Crippen LogP contribution in [0.4, 0.5) is 11.5 Å². The summed E-state index contributed by atoms with van der Waals surface area (Å²) in [5, 5.41) is 3.01. The van der Waals surface area contributed by atoms with Crippen molar-refractivity contribution in [2.75, 3.05) is 36.4 Å². The van der Waals surface area contributed by atoms with Crippen LogP contribution in [0.2, 0.25) is 0 Å². The van der Waals surface area contributed by atoms with Crippen LogP contribution in [0.3, 0.4) is 0 Å². The van der Waals surface area contributed by atoms with E-state index in [0.29, 0.717) is 6.04 Å². The van der Waals surface area contributed by atoms with E-state index in [4.69, 9.17) is 4.98 Å². The second-order valence-corrected chi connectivity index (χ2v) is 7.68. The Kier molecular flexibility index (Phi) is 3.91. The van der Waals surface area contributed by atoms with Crippen LogP contribution in [0, 0.1) is 0 Å². The second-order valence-electron chi connectivity index (χ2n) is 7.68. The number of hydrogen-bond donors (Lipinski definition) is 1. The predicted molar refractivity (Wildman–Crippen MR) is 101 cm³/mol. The van der Waals surface area contributed by atoms with Crippen LogP contribution in [0.1, 0.15) is 32.9 Å². The molecule has 5 nitrogen and oxygen atoms in total. The van der Waals surface area contributed by atoms with Gasteiger partial charge in [0.1, 0.15) is 5.82 Å². The van der Waals surface area contributed by atoms with E-state index in [0.717, 1.165) is 55.4 Å². The summed E-state index contributed by atoms with van der Waals surface area (Å²) < 4.78 is 0. The number of nitrogens with zero attached hydrogens (tertiary/aromatic N) is 3. The van der Waals surface area contributed by atoms with Crippen LogP contribution in [0.15, 0.2) is 35.9 Å². The fraction of sp³-hybridized carbons (Fsp3) is 0.500. The van der Waals surface area contributed by atoms with Gasteiger partial charge < -0.3 is 10.2 Å². The van der Waals surface area contributed by atoms with Crippen LogP contribution in [-0.4, -0.2) is 48.0 Å². The van der Waals surface area contributed by atoms with E-state index in [2.05, 4.69) is 42.0 Å². The number of anilines is 2. The van der Waals surface area contributed by atoms with Crippen LogP contribution < -0.4 is 10.2 Å². The molecular formula is C20H26N4O. The third-order valence-corrected chi connectivity index (χ3v) is 5.78. The van der Waals surface area contributed by atoms with Crippen LogP contribution in [-0.2, 0) is 10.2 Å². The van der Waals surface area contributed by atoms with Gasteiger partial charge in [0.2, 0.25) is 0 Å². The van der Waals surface area contributed by atoms with Crippen molar-refractivity contribution in [3.05, 3.63) is 41.6 Å². The van der Waals surface area contributed by atoms with Gasteiger partial charge in [0.05, 0.1) is 11.4 Å². The minimum Gasteiger partial charge on any atom is -0.354 e. The van der Waals surface area contributed by atoms with Gasteiger partial charge >= 0.3 is 0 Å². The predicted octanol–water partition coefficient (Wildman–Crippen LogP) is 2.71. The molecule has 132 valence electrons. The van der Waals surface area contributed by atoms with Gasteiger partial charge in [-0.2, -0.15) is 0 Å². The lowest BCUT2D eigenvalue weighted by molar-refractivity contribution is -0.113. The van der Waals surface area contributed by atoms with Crippen molar-refractivity contribution in [1.82, 2.24) is 9.88 Å². The summed E-state index contributed by atoms with van der Waals surface area (Å²) >= 11 is 0. The van der Waals surface area contributed by atoms with Gasteiger partial charge in [-0.05, 0) is 39.3 Å². The summed E-state index contributed by atoms with van der Waals surface area (Å²) in [5.41, 5.74) is 2.33. The van der Waals surface area contributed by atoms with Gasteiger partial charge in [-0.1, -0.05) is 18.2 Å². The number of fused-ring (bicyclic) bond motifs is 3. The van der Waals surface area contributed by atoms with E-state index >= 15 is 0 Å². The molecule has 1 unspecified atom stereocenters. The lowest BCUT2D eigenvalue weighted by atomic mass is 9.71. The largest absolute Gasteiger partial charge is 0.354 e. The van der Waals surface area contributed by atoms with Crippen molar-refractivity contribution in [1.29, 1.82) is 0 Å². The van der Waals surface area contributed by atoms with E-state index < -0.39 is 0 Å². The maximum Gasteiger partial charge on any atom is 0.252 e. The maximum absolute atomic E-state index is 12.4. The molecule has 1 aliphatic carbocycles. The van der Waals surface area contributed by atoms with Gasteiger partial charge in [0, 0.05) is 43.2 Å². The number of carbonyl (C=O) groups is 1. The molecule has 1 aromatic heterocycles. The Labute approximate surface area is 149 Å². The molecule has 1 N–H and O–H groups in total. The number of aromatic nitrogens is 1. The Balaban J connectivity index is 1.65. The molecule has 1 atom stereocenters. The number of piperazine rings is 1. The van der Waals surface area contributed by atoms with Gasteiger partial charge in [-0.15, -0.1) is 0 Å². The molecule has 2 aliphatic heterocycles. The maximum atomic E-state index is 12.4. The number of nitrogens with one attached hydrogen (secondary N) is 1. The second kappa shape index (κ2) is 5.99. The molecule has 25 heavy (non-hydrogen) atoms. The number of amides is 1. The van der Waals surface area contributed by atoms with Crippen molar-refractivity contribution in [2.45, 2.75) is 38.6 Å². The van der Waals surface area contributed by atoms with E-state index in [1.807, 2.05) is 24.3 Å². The first-order valence-corrected chi connectivity index (χ1v) is 9.18. The first kappa shape index (κ1) is 16.3. The Morgan fingerprint density at radius 2 is 1.96 bits per heavy atom. The first-order valence-electron chi connectivity index (χ1n) is 9.18. The highest BCUT2D eigenvalue weighted by molar-refractivity contribution is 6.09. The highest BCUT2D eigenvalue weighted by atomic mass is 16.1. The van der Waals surface area contributed by atoms with Crippen molar-refractivity contribution in [3.63, 3.8) is 0 Å². The van der Waals surface area contributed by atoms with Gasteiger partial charge in [-0.3, -0.25) is 9.69 Å². The number of hydrogen-bond acceptors (Lipinski definition) is 4. The standard InChI is InChI=1S/C20H26N4O/c1-14(2)23-10-12-24(13-11-23)17-8-7-16-18(22-17)20(3)9-5-4-6-15(20)19(25)21-16/h4-8,14H,9-13H2,1-3H3,(H,21,25). The molecule has 0 saturated carbocycles. The highest BCUT2D eigenvalue weighted by Gasteiger charge is 2.42. The smallest absolute Gasteiger partial charge is 0.252 e. The third kappa shape index (κ3) is 2.67. The third-order valence-electron chi connectivity index (χ3n) is 5.78. The summed E-state index contributed by atoms with van der Waals surface area (Å²) in [4.78, 5) is 22.3. The molecular weight excluding hydrogens is 312 g/mol. The quantitative estimate of drug-likeness (QED) is 0.901. The normalized spacial score (nSPS) is 26.2. The number of pyridine rings is 1. The highest BCUT2D eigenvalue weighted by Crippen LogP contribution is 2.44. The molecule has 5 heteroatoms. The van der Waals surface area contributed by atoms with Crippen molar-refractivity contribution < 1.29 is 4.79 Å². The molecule has 1 amide bonds. The summed E-state index contributed by atoms with van der Waals surface area (Å²) in [6.45, 7) is 10.8. The fourth-order valence-electron chi connectivity index (χ4n) is 4.12. The minimum absolute atomic E-state index is 0.000511. The lowest BCUT2D eigenvalue weighted by Crippen LogP contribution is -2.49. The molecule has 0 aromatic carbocycles. The van der Waals surface area contributed by atoms with Gasteiger partial charge in [-0.25, -0.2) is 4.98 Å². The Morgan fingerprint density at radius 3 is 2.68 bits per heavy atom. The topological polar surface area (TPSA) is 48.5 Å². The Morgan fingerprint density at radius 1 is 1.20 bits per heavy atom. The average molecular weight is 338 g/mol. The molecule has 0 spiro atoms. The first-order chi connectivity index (χ1) is 12.0. The zero-order valence-corrected chi connectivity index (χ0v) is 15.2. The number of rotatable bonds is 2. The Hall–Kier alpha value is -2.14. The average Bonchev–Trinajstić information content (AvgIpc) is 2.62. The molecule has 0 bridgehead atoms. The Bertz CT molecular complexity index is 759. The molecule has 1 aromatic rings. The summed E-state index contributed by atoms with van der Waals surface area (Å²) in [7, 11) is 0. The van der Waals surface area contributed by atoms with Crippen molar-refractivity contribution in [2.24, 2.45) is 0 Å². The minimum atomic E-state index is -0.331. The molecule has 1 saturated heterocycles. The molecule has 1 fully saturated rings. The SMILES string of the molecule is CC(C)N1CCN(c2ccc3c(n2)C2(C)CC=CC=C2C(=O)N3)CC1. The van der Waals surface area contributed by atoms with E-state index in [1.54, 1.807) is 0 Å². The molecule has 3 aliphatic rings. The van der Waals surface area contributed by atoms with E-state index in [9.17, 15) is 4.79 Å². The molecule has 0 radical (unpaired) electrons. The summed E-state index contributed by atoms with van der Waals surface area (Å²) in [6, 6.07) is 4.65. The van der Waals surface area contributed by atoms with E-state index in [1.165, 1.54) is 0 Å². The zero-order chi connectivity index (χ0) is 17.6. The van der Waals surface area contributed by atoms with Crippen molar-refractivity contribution >= 4 is 17.4 Å². The van der Waals surface area contributed by atoms with Gasteiger partial charge in [0.15, 0.2) is 0 Å². The lowest BCUT2D eigenvalue weighted by Gasteiger charge is -2.40. The monoisotopic (exact) mass is 338 g/mol. The zero-order valence-electron chi connectivity index (χ0n) is 15.2. The van der Waals surface area contributed by atoms with Crippen LogP contribution in [0.25, 0.3) is 0 Å². The summed E-state index contributed by atoms with van der Waals surface area (Å²) in [5.74, 6) is 1.02.